The van der Waals surface area contributed by atoms with E-state index >= 15 is 0 Å². The molecule has 0 aromatic heterocycles. The Bertz CT molecular complexity index is 453. The molecule has 1 aromatic carbocycles. The zero-order valence-corrected chi connectivity index (χ0v) is 9.22. The van der Waals surface area contributed by atoms with Crippen LogP contribution in [-0.4, -0.2) is 11.1 Å². The number of alkyl halides is 3. The van der Waals surface area contributed by atoms with Crippen molar-refractivity contribution >= 4 is 23.6 Å². The van der Waals surface area contributed by atoms with Gasteiger partial charge in [-0.1, -0.05) is 29.8 Å². The summed E-state index contributed by atoms with van der Waals surface area (Å²) in [6.45, 7) is 0. The van der Waals surface area contributed by atoms with Gasteiger partial charge in [0.1, 0.15) is 0 Å². The lowest BCUT2D eigenvalue weighted by atomic mass is 10.1. The predicted molar refractivity (Wildman–Crippen MR) is 57.7 cm³/mol. The van der Waals surface area contributed by atoms with Gasteiger partial charge in [0.15, 0.2) is 0 Å². The zero-order chi connectivity index (χ0) is 13.1. The van der Waals surface area contributed by atoms with Crippen molar-refractivity contribution in [3.63, 3.8) is 0 Å². The molecule has 2 nitrogen and oxygen atoms in total. The third-order valence-corrected chi connectivity index (χ3v) is 2.23. The molecule has 0 fully saturated rings. The second kappa shape index (κ2) is 5.23. The Kier molecular flexibility index (Phi) is 4.17. The average molecular weight is 265 g/mol. The van der Waals surface area contributed by atoms with Gasteiger partial charge in [-0.3, -0.25) is 4.79 Å². The molecule has 0 atom stereocenters. The number of hydrogen-bond donors (Lipinski definition) is 1. The van der Waals surface area contributed by atoms with Crippen LogP contribution in [-0.2, 0) is 11.0 Å². The lowest BCUT2D eigenvalue weighted by Crippen LogP contribution is -2.05. The minimum Gasteiger partial charge on any atom is -0.481 e. The van der Waals surface area contributed by atoms with E-state index in [1.807, 2.05) is 0 Å². The molecule has 1 aromatic rings. The molecule has 0 aliphatic heterocycles. The molecule has 0 aliphatic carbocycles. The first-order valence-electron chi connectivity index (χ1n) is 4.56. The molecule has 1 rings (SSSR count). The summed E-state index contributed by atoms with van der Waals surface area (Å²) in [7, 11) is 0. The molecular weight excluding hydrogens is 257 g/mol. The Morgan fingerprint density at radius 1 is 1.41 bits per heavy atom. The van der Waals surface area contributed by atoms with Crippen LogP contribution >= 0.6 is 11.6 Å². The molecule has 0 spiro atoms. The largest absolute Gasteiger partial charge is 0.481 e. The Labute approximate surface area is 100 Å². The van der Waals surface area contributed by atoms with E-state index in [-0.39, 0.29) is 17.0 Å². The van der Waals surface area contributed by atoms with Crippen molar-refractivity contribution in [2.24, 2.45) is 0 Å². The predicted octanol–water partition coefficient (Wildman–Crippen LogP) is 3.85. The highest BCUT2D eigenvalue weighted by atomic mass is 35.5. The molecule has 0 radical (unpaired) electrons. The zero-order valence-electron chi connectivity index (χ0n) is 8.46. The number of halogens is 4. The van der Waals surface area contributed by atoms with Crippen molar-refractivity contribution in [3.05, 3.63) is 40.4 Å². The van der Waals surface area contributed by atoms with Gasteiger partial charge in [0, 0.05) is 0 Å². The van der Waals surface area contributed by atoms with Crippen LogP contribution < -0.4 is 0 Å². The number of aliphatic carboxylic acids is 1. The van der Waals surface area contributed by atoms with Crippen molar-refractivity contribution in [2.75, 3.05) is 0 Å². The van der Waals surface area contributed by atoms with E-state index in [0.717, 1.165) is 12.1 Å². The quantitative estimate of drug-likeness (QED) is 0.900. The molecule has 17 heavy (non-hydrogen) atoms. The van der Waals surface area contributed by atoms with Crippen LogP contribution in [0.5, 0.6) is 0 Å². The summed E-state index contributed by atoms with van der Waals surface area (Å²) in [5.41, 5.74) is -0.681. The molecule has 0 amide bonds. The second-order valence-corrected chi connectivity index (χ2v) is 3.64. The van der Waals surface area contributed by atoms with Crippen LogP contribution in [0.3, 0.4) is 0 Å². The van der Waals surface area contributed by atoms with Crippen LogP contribution in [0.15, 0.2) is 24.3 Å². The van der Waals surface area contributed by atoms with Gasteiger partial charge in [-0.2, -0.15) is 13.2 Å². The molecule has 0 saturated heterocycles. The summed E-state index contributed by atoms with van der Waals surface area (Å²) in [4.78, 5) is 10.2. The average Bonchev–Trinajstić information content (AvgIpc) is 2.18. The molecule has 0 aliphatic rings. The van der Waals surface area contributed by atoms with Gasteiger partial charge in [0.2, 0.25) is 0 Å². The summed E-state index contributed by atoms with van der Waals surface area (Å²) in [5, 5.41) is 7.99. The van der Waals surface area contributed by atoms with E-state index in [2.05, 4.69) is 0 Å². The summed E-state index contributed by atoms with van der Waals surface area (Å²) >= 11 is 5.43. The monoisotopic (exact) mass is 264 g/mol. The van der Waals surface area contributed by atoms with Gasteiger partial charge >= 0.3 is 12.1 Å². The van der Waals surface area contributed by atoms with Crippen LogP contribution in [0.1, 0.15) is 17.5 Å². The minimum absolute atomic E-state index is 0.246. The van der Waals surface area contributed by atoms with Gasteiger partial charge in [-0.25, -0.2) is 0 Å². The fraction of sp³-hybridized carbons (Fsp3) is 0.182. The second-order valence-electron chi connectivity index (χ2n) is 3.24. The molecule has 1 N–H and O–H groups in total. The molecule has 0 unspecified atom stereocenters. The lowest BCUT2D eigenvalue weighted by Gasteiger charge is -2.09. The topological polar surface area (TPSA) is 37.3 Å². The highest BCUT2D eigenvalue weighted by Gasteiger charge is 2.33. The number of benzene rings is 1. The molecular formula is C11H8ClF3O2. The summed E-state index contributed by atoms with van der Waals surface area (Å²) < 4.78 is 37.4. The van der Waals surface area contributed by atoms with Gasteiger partial charge in [-0.05, 0) is 17.7 Å². The van der Waals surface area contributed by atoms with E-state index in [9.17, 15) is 18.0 Å². The number of rotatable bonds is 3. The van der Waals surface area contributed by atoms with Gasteiger partial charge < -0.3 is 5.11 Å². The number of hydrogen-bond acceptors (Lipinski definition) is 1. The van der Waals surface area contributed by atoms with E-state index in [1.54, 1.807) is 0 Å². The first-order chi connectivity index (χ1) is 7.80. The van der Waals surface area contributed by atoms with Crippen LogP contribution in [0.4, 0.5) is 13.2 Å². The van der Waals surface area contributed by atoms with Gasteiger partial charge in [0.25, 0.3) is 0 Å². The first-order valence-corrected chi connectivity index (χ1v) is 4.93. The summed E-state index contributed by atoms with van der Waals surface area (Å²) in [6.07, 6.45) is -2.19. The number of carbonyl (C=O) groups is 1. The third kappa shape index (κ3) is 4.11. The summed E-state index contributed by atoms with van der Waals surface area (Å²) in [5.74, 6) is -1.05. The fourth-order valence-corrected chi connectivity index (χ4v) is 1.38. The van der Waals surface area contributed by atoms with Crippen molar-refractivity contribution in [1.29, 1.82) is 0 Å². The third-order valence-electron chi connectivity index (χ3n) is 1.90. The standard InChI is InChI=1S/C11H8ClF3O2/c12-9-5-4-7(2-1-3-10(16)17)6-8(9)11(13,14)15/h1-2,4-6H,3H2,(H,16,17). The van der Waals surface area contributed by atoms with Crippen molar-refractivity contribution in [1.82, 2.24) is 0 Å². The fourth-order valence-electron chi connectivity index (χ4n) is 1.16. The van der Waals surface area contributed by atoms with E-state index in [0.29, 0.717) is 0 Å². The highest BCUT2D eigenvalue weighted by Crippen LogP contribution is 2.35. The van der Waals surface area contributed by atoms with E-state index in [4.69, 9.17) is 16.7 Å². The molecule has 6 heteroatoms. The Hall–Kier alpha value is -1.49. The van der Waals surface area contributed by atoms with E-state index in [1.165, 1.54) is 18.2 Å². The maximum Gasteiger partial charge on any atom is 0.417 e. The SMILES string of the molecule is O=C(O)CC=Cc1ccc(Cl)c(C(F)(F)F)c1. The van der Waals surface area contributed by atoms with E-state index < -0.39 is 17.7 Å². The minimum atomic E-state index is -4.52. The molecule has 0 saturated carbocycles. The van der Waals surface area contributed by atoms with Gasteiger partial charge in [0.05, 0.1) is 17.0 Å². The van der Waals surface area contributed by atoms with Crippen molar-refractivity contribution in [3.8, 4) is 0 Å². The lowest BCUT2D eigenvalue weighted by molar-refractivity contribution is -0.138. The molecule has 0 bridgehead atoms. The van der Waals surface area contributed by atoms with Crippen molar-refractivity contribution < 1.29 is 23.1 Å². The maximum atomic E-state index is 12.5. The van der Waals surface area contributed by atoms with Crippen molar-refractivity contribution in [2.45, 2.75) is 12.6 Å². The Morgan fingerprint density at radius 2 is 2.06 bits per heavy atom. The van der Waals surface area contributed by atoms with Gasteiger partial charge in [-0.15, -0.1) is 0 Å². The Balaban J connectivity index is 2.97. The smallest absolute Gasteiger partial charge is 0.417 e. The molecule has 0 heterocycles. The van der Waals surface area contributed by atoms with Crippen LogP contribution in [0.2, 0.25) is 5.02 Å². The molecule has 92 valence electrons. The maximum absolute atomic E-state index is 12.5. The normalized spacial score (nSPS) is 12.0. The summed E-state index contributed by atoms with van der Waals surface area (Å²) in [6, 6.07) is 3.39. The first kappa shape index (κ1) is 13.6. The Morgan fingerprint density at radius 3 is 2.59 bits per heavy atom. The number of carboxylic acid groups (broad SMARTS) is 1. The van der Waals surface area contributed by atoms with Crippen LogP contribution in [0.25, 0.3) is 6.08 Å². The highest BCUT2D eigenvalue weighted by molar-refractivity contribution is 6.31. The number of carboxylic acids is 1. The van der Waals surface area contributed by atoms with Crippen LogP contribution in [0, 0.1) is 0 Å².